The van der Waals surface area contributed by atoms with Crippen LogP contribution in [0, 0.1) is 0 Å². The first kappa shape index (κ1) is 12.0. The standard InChI is InChI=1S/C14H10BrN3O/c15-12-2-1-9-5-11(6-10(9)7-12)14(19)18-13-3-4-16-17-8-13/h1-5,7-8H,6H2,(H,16,18,19). The van der Waals surface area contributed by atoms with E-state index in [1.54, 1.807) is 12.3 Å². The zero-order valence-electron chi connectivity index (χ0n) is 9.93. The molecule has 1 aliphatic rings. The van der Waals surface area contributed by atoms with Crippen LogP contribution in [0.3, 0.4) is 0 Å². The quantitative estimate of drug-likeness (QED) is 0.927. The average molecular weight is 316 g/mol. The van der Waals surface area contributed by atoms with Crippen molar-refractivity contribution in [3.63, 3.8) is 0 Å². The Bertz CT molecular complexity index is 668. The van der Waals surface area contributed by atoms with Gasteiger partial charge in [-0.2, -0.15) is 10.2 Å². The van der Waals surface area contributed by atoms with E-state index >= 15 is 0 Å². The minimum Gasteiger partial charge on any atom is -0.321 e. The highest BCUT2D eigenvalue weighted by Gasteiger charge is 2.18. The number of nitrogens with one attached hydrogen (secondary N) is 1. The third-order valence-corrected chi connectivity index (χ3v) is 3.44. The Labute approximate surface area is 118 Å². The van der Waals surface area contributed by atoms with Crippen molar-refractivity contribution in [1.82, 2.24) is 10.2 Å². The molecule has 1 aliphatic carbocycles. The molecule has 94 valence electrons. The molecule has 4 nitrogen and oxygen atoms in total. The largest absolute Gasteiger partial charge is 0.321 e. The molecule has 0 atom stereocenters. The zero-order valence-corrected chi connectivity index (χ0v) is 11.5. The van der Waals surface area contributed by atoms with Crippen molar-refractivity contribution >= 4 is 33.6 Å². The van der Waals surface area contributed by atoms with Gasteiger partial charge in [0.25, 0.3) is 5.91 Å². The van der Waals surface area contributed by atoms with Crippen molar-refractivity contribution in [2.24, 2.45) is 0 Å². The first-order valence-corrected chi connectivity index (χ1v) is 6.59. The van der Waals surface area contributed by atoms with Gasteiger partial charge in [-0.25, -0.2) is 0 Å². The van der Waals surface area contributed by atoms with E-state index in [4.69, 9.17) is 0 Å². The van der Waals surface area contributed by atoms with Crippen molar-refractivity contribution in [3.8, 4) is 0 Å². The number of aromatic nitrogens is 2. The Hall–Kier alpha value is -2.01. The fourth-order valence-electron chi connectivity index (χ4n) is 2.03. The molecule has 0 spiro atoms. The van der Waals surface area contributed by atoms with Gasteiger partial charge in [0.05, 0.1) is 18.1 Å². The molecule has 2 aromatic rings. The molecule has 1 N–H and O–H groups in total. The second kappa shape index (κ2) is 4.93. The first-order valence-electron chi connectivity index (χ1n) is 5.79. The van der Waals surface area contributed by atoms with Gasteiger partial charge in [0.15, 0.2) is 0 Å². The molecular weight excluding hydrogens is 306 g/mol. The van der Waals surface area contributed by atoms with Gasteiger partial charge in [0, 0.05) is 16.5 Å². The minimum absolute atomic E-state index is 0.0969. The monoisotopic (exact) mass is 315 g/mol. The molecule has 0 bridgehead atoms. The molecule has 0 fully saturated rings. The van der Waals surface area contributed by atoms with Crippen molar-refractivity contribution in [3.05, 3.63) is 57.8 Å². The van der Waals surface area contributed by atoms with Crippen LogP contribution in [-0.4, -0.2) is 16.1 Å². The van der Waals surface area contributed by atoms with Crippen molar-refractivity contribution in [1.29, 1.82) is 0 Å². The van der Waals surface area contributed by atoms with E-state index in [9.17, 15) is 4.79 Å². The normalized spacial score (nSPS) is 12.8. The maximum atomic E-state index is 12.1. The molecular formula is C14H10BrN3O. The molecule has 0 radical (unpaired) electrons. The summed E-state index contributed by atoms with van der Waals surface area (Å²) in [5.41, 5.74) is 3.66. The molecule has 0 aliphatic heterocycles. The van der Waals surface area contributed by atoms with E-state index in [1.807, 2.05) is 24.3 Å². The number of nitrogens with zero attached hydrogens (tertiary/aromatic N) is 2. The van der Waals surface area contributed by atoms with Crippen LogP contribution in [0.25, 0.3) is 6.08 Å². The average Bonchev–Trinajstić information content (AvgIpc) is 2.83. The first-order chi connectivity index (χ1) is 9.22. The summed E-state index contributed by atoms with van der Waals surface area (Å²) in [6.45, 7) is 0. The summed E-state index contributed by atoms with van der Waals surface area (Å²) < 4.78 is 1.03. The lowest BCUT2D eigenvalue weighted by Gasteiger charge is -2.04. The highest BCUT2D eigenvalue weighted by atomic mass is 79.9. The second-order valence-corrected chi connectivity index (χ2v) is 5.19. The maximum Gasteiger partial charge on any atom is 0.251 e. The summed E-state index contributed by atoms with van der Waals surface area (Å²) in [6.07, 6.45) is 5.65. The SMILES string of the molecule is O=C(Nc1ccnnc1)C1=Cc2ccc(Br)cc2C1. The van der Waals surface area contributed by atoms with Crippen LogP contribution in [0.4, 0.5) is 5.69 Å². The highest BCUT2D eigenvalue weighted by molar-refractivity contribution is 9.10. The molecule has 0 saturated carbocycles. The number of amides is 1. The van der Waals surface area contributed by atoms with Crippen LogP contribution in [0.15, 0.2) is 46.7 Å². The third kappa shape index (κ3) is 2.56. The lowest BCUT2D eigenvalue weighted by atomic mass is 10.1. The van der Waals surface area contributed by atoms with Crippen molar-refractivity contribution in [2.75, 3.05) is 5.32 Å². The summed E-state index contributed by atoms with van der Waals surface area (Å²) in [5.74, 6) is -0.0969. The van der Waals surface area contributed by atoms with Crippen LogP contribution in [0.5, 0.6) is 0 Å². The van der Waals surface area contributed by atoms with Gasteiger partial charge in [0.2, 0.25) is 0 Å². The predicted octanol–water partition coefficient (Wildman–Crippen LogP) is 2.82. The third-order valence-electron chi connectivity index (χ3n) is 2.95. The Kier molecular flexibility index (Phi) is 3.13. The molecule has 1 aromatic heterocycles. The number of fused-ring (bicyclic) bond motifs is 1. The zero-order chi connectivity index (χ0) is 13.2. The fraction of sp³-hybridized carbons (Fsp3) is 0.0714. The predicted molar refractivity (Wildman–Crippen MR) is 76.5 cm³/mol. The molecule has 3 rings (SSSR count). The number of rotatable bonds is 2. The van der Waals surface area contributed by atoms with Crippen LogP contribution in [0.1, 0.15) is 11.1 Å². The maximum absolute atomic E-state index is 12.1. The van der Waals surface area contributed by atoms with Crippen LogP contribution in [0.2, 0.25) is 0 Å². The van der Waals surface area contributed by atoms with Gasteiger partial charge in [0.1, 0.15) is 0 Å². The Morgan fingerprint density at radius 2 is 2.16 bits per heavy atom. The number of carbonyl (C=O) groups excluding carboxylic acids is 1. The second-order valence-electron chi connectivity index (χ2n) is 4.27. The Balaban J connectivity index is 1.77. The summed E-state index contributed by atoms with van der Waals surface area (Å²) in [4.78, 5) is 12.1. The molecule has 1 aromatic carbocycles. The van der Waals surface area contributed by atoms with Crippen LogP contribution < -0.4 is 5.32 Å². The van der Waals surface area contributed by atoms with Crippen molar-refractivity contribution < 1.29 is 4.79 Å². The van der Waals surface area contributed by atoms with Gasteiger partial charge in [-0.3, -0.25) is 4.79 Å². The van der Waals surface area contributed by atoms with E-state index in [2.05, 4.69) is 31.4 Å². The fourth-order valence-corrected chi connectivity index (χ4v) is 2.44. The van der Waals surface area contributed by atoms with Gasteiger partial charge in [-0.15, -0.1) is 0 Å². The van der Waals surface area contributed by atoms with E-state index in [1.165, 1.54) is 6.20 Å². The van der Waals surface area contributed by atoms with Gasteiger partial charge >= 0.3 is 0 Å². The lowest BCUT2D eigenvalue weighted by Crippen LogP contribution is -2.14. The number of benzene rings is 1. The number of hydrogen-bond donors (Lipinski definition) is 1. The molecule has 1 amide bonds. The summed E-state index contributed by atoms with van der Waals surface area (Å²) in [5, 5.41) is 10.2. The Morgan fingerprint density at radius 1 is 1.26 bits per heavy atom. The van der Waals surface area contributed by atoms with Gasteiger partial charge in [-0.1, -0.05) is 22.0 Å². The Morgan fingerprint density at radius 3 is 2.95 bits per heavy atom. The number of anilines is 1. The van der Waals surface area contributed by atoms with Crippen LogP contribution >= 0.6 is 15.9 Å². The summed E-state index contributed by atoms with van der Waals surface area (Å²) in [6, 6.07) is 7.74. The number of hydrogen-bond acceptors (Lipinski definition) is 3. The summed E-state index contributed by atoms with van der Waals surface area (Å²) in [7, 11) is 0. The van der Waals surface area contributed by atoms with Crippen LogP contribution in [-0.2, 0) is 11.2 Å². The van der Waals surface area contributed by atoms with Crippen molar-refractivity contribution in [2.45, 2.75) is 6.42 Å². The smallest absolute Gasteiger partial charge is 0.251 e. The van der Waals surface area contributed by atoms with Gasteiger partial charge in [-0.05, 0) is 35.4 Å². The number of halogens is 1. The van der Waals surface area contributed by atoms with Gasteiger partial charge < -0.3 is 5.32 Å². The van der Waals surface area contributed by atoms with E-state index in [0.29, 0.717) is 12.1 Å². The lowest BCUT2D eigenvalue weighted by molar-refractivity contribution is -0.112. The van der Waals surface area contributed by atoms with E-state index < -0.39 is 0 Å². The molecule has 0 saturated heterocycles. The minimum atomic E-state index is -0.0969. The molecule has 0 unspecified atom stereocenters. The highest BCUT2D eigenvalue weighted by Crippen LogP contribution is 2.28. The summed E-state index contributed by atoms with van der Waals surface area (Å²) >= 11 is 3.44. The molecule has 5 heteroatoms. The molecule has 1 heterocycles. The number of carbonyl (C=O) groups is 1. The topological polar surface area (TPSA) is 54.9 Å². The van der Waals surface area contributed by atoms with E-state index in [0.717, 1.165) is 21.2 Å². The van der Waals surface area contributed by atoms with E-state index in [-0.39, 0.29) is 5.91 Å². The molecule has 19 heavy (non-hydrogen) atoms.